The van der Waals surface area contributed by atoms with Crippen LogP contribution < -0.4 is 4.74 Å². The van der Waals surface area contributed by atoms with Gasteiger partial charge >= 0.3 is 6.18 Å². The Morgan fingerprint density at radius 3 is 2.29 bits per heavy atom. The van der Waals surface area contributed by atoms with Gasteiger partial charge in [0.2, 0.25) is 0 Å². The Bertz CT molecular complexity index is 347. The van der Waals surface area contributed by atoms with Crippen molar-refractivity contribution in [3.05, 3.63) is 28.3 Å². The molecule has 0 fully saturated rings. The van der Waals surface area contributed by atoms with E-state index in [1.807, 2.05) is 0 Å². The second kappa shape index (κ2) is 3.69. The molecule has 0 aromatic heterocycles. The first-order chi connectivity index (χ1) is 6.36. The van der Waals surface area contributed by atoms with Gasteiger partial charge in [0, 0.05) is 5.02 Å². The van der Waals surface area contributed by atoms with Gasteiger partial charge in [0.1, 0.15) is 5.75 Å². The molecule has 0 spiro atoms. The molecule has 0 amide bonds. The van der Waals surface area contributed by atoms with E-state index < -0.39 is 11.7 Å². The van der Waals surface area contributed by atoms with Crippen LogP contribution in [0.2, 0.25) is 5.02 Å². The Morgan fingerprint density at radius 1 is 1.29 bits per heavy atom. The topological polar surface area (TPSA) is 9.23 Å². The minimum Gasteiger partial charge on any atom is -0.496 e. The molecule has 14 heavy (non-hydrogen) atoms. The lowest BCUT2D eigenvalue weighted by molar-refractivity contribution is -0.138. The van der Waals surface area contributed by atoms with E-state index >= 15 is 0 Å². The highest BCUT2D eigenvalue weighted by molar-refractivity contribution is 6.30. The van der Waals surface area contributed by atoms with E-state index in [4.69, 9.17) is 11.6 Å². The summed E-state index contributed by atoms with van der Waals surface area (Å²) in [6, 6.07) is 2.28. The number of alkyl halides is 3. The van der Waals surface area contributed by atoms with Crippen molar-refractivity contribution in [2.45, 2.75) is 13.1 Å². The summed E-state index contributed by atoms with van der Waals surface area (Å²) in [7, 11) is 1.20. The zero-order chi connectivity index (χ0) is 10.9. The van der Waals surface area contributed by atoms with Crippen LogP contribution in [-0.4, -0.2) is 7.11 Å². The Morgan fingerprint density at radius 2 is 1.86 bits per heavy atom. The molecule has 1 aromatic carbocycles. The summed E-state index contributed by atoms with van der Waals surface area (Å²) in [6.07, 6.45) is -4.44. The number of halogens is 4. The van der Waals surface area contributed by atoms with Gasteiger partial charge in [0.25, 0.3) is 0 Å². The van der Waals surface area contributed by atoms with Crippen LogP contribution in [0.3, 0.4) is 0 Å². The van der Waals surface area contributed by atoms with Crippen LogP contribution in [-0.2, 0) is 6.18 Å². The van der Waals surface area contributed by atoms with Crippen molar-refractivity contribution in [2.75, 3.05) is 7.11 Å². The monoisotopic (exact) mass is 224 g/mol. The van der Waals surface area contributed by atoms with E-state index in [0.29, 0.717) is 5.56 Å². The van der Waals surface area contributed by atoms with Gasteiger partial charge in [0.05, 0.1) is 12.7 Å². The predicted octanol–water partition coefficient (Wildman–Crippen LogP) is 3.68. The zero-order valence-corrected chi connectivity index (χ0v) is 8.33. The number of benzene rings is 1. The molecule has 78 valence electrons. The summed E-state index contributed by atoms with van der Waals surface area (Å²) in [4.78, 5) is 0. The molecular weight excluding hydrogens is 217 g/mol. The summed E-state index contributed by atoms with van der Waals surface area (Å²) >= 11 is 5.53. The average Bonchev–Trinajstić information content (AvgIpc) is 2.01. The fourth-order valence-electron chi connectivity index (χ4n) is 1.21. The van der Waals surface area contributed by atoms with E-state index in [0.717, 1.165) is 6.07 Å². The maximum Gasteiger partial charge on any atom is 0.420 e. The maximum atomic E-state index is 12.5. The van der Waals surface area contributed by atoms with Gasteiger partial charge in [-0.05, 0) is 24.6 Å². The fourth-order valence-corrected chi connectivity index (χ4v) is 1.48. The third-order valence-corrected chi connectivity index (χ3v) is 1.97. The molecule has 0 aliphatic heterocycles. The van der Waals surface area contributed by atoms with Gasteiger partial charge in [-0.3, -0.25) is 0 Å². The minimum atomic E-state index is -4.44. The van der Waals surface area contributed by atoms with Crippen LogP contribution in [0.15, 0.2) is 12.1 Å². The average molecular weight is 225 g/mol. The van der Waals surface area contributed by atoms with E-state index in [-0.39, 0.29) is 10.8 Å². The fraction of sp³-hybridized carbons (Fsp3) is 0.333. The molecule has 0 bridgehead atoms. The Hall–Kier alpha value is -0.900. The van der Waals surface area contributed by atoms with Crippen molar-refractivity contribution >= 4 is 11.6 Å². The number of methoxy groups -OCH3 is 1. The molecule has 0 atom stereocenters. The molecule has 0 unspecified atom stereocenters. The van der Waals surface area contributed by atoms with Crippen LogP contribution in [0, 0.1) is 6.92 Å². The molecule has 0 N–H and O–H groups in total. The van der Waals surface area contributed by atoms with Gasteiger partial charge in [0.15, 0.2) is 0 Å². The number of hydrogen-bond acceptors (Lipinski definition) is 1. The van der Waals surface area contributed by atoms with Crippen LogP contribution in [0.5, 0.6) is 5.75 Å². The molecule has 5 heteroatoms. The van der Waals surface area contributed by atoms with Crippen LogP contribution >= 0.6 is 11.6 Å². The van der Waals surface area contributed by atoms with Crippen LogP contribution in [0.25, 0.3) is 0 Å². The van der Waals surface area contributed by atoms with E-state index in [1.54, 1.807) is 0 Å². The summed E-state index contributed by atoms with van der Waals surface area (Å²) in [5.74, 6) is -0.179. The Kier molecular flexibility index (Phi) is 2.95. The van der Waals surface area contributed by atoms with Crippen molar-refractivity contribution < 1.29 is 17.9 Å². The van der Waals surface area contributed by atoms with Crippen molar-refractivity contribution in [2.24, 2.45) is 0 Å². The smallest absolute Gasteiger partial charge is 0.420 e. The molecule has 0 radical (unpaired) electrons. The van der Waals surface area contributed by atoms with Gasteiger partial charge in [-0.2, -0.15) is 13.2 Å². The maximum absolute atomic E-state index is 12.5. The third kappa shape index (κ3) is 2.12. The lowest BCUT2D eigenvalue weighted by atomic mass is 10.1. The highest BCUT2D eigenvalue weighted by Crippen LogP contribution is 2.39. The van der Waals surface area contributed by atoms with Crippen molar-refractivity contribution in [3.8, 4) is 5.75 Å². The number of aryl methyl sites for hydroxylation is 1. The van der Waals surface area contributed by atoms with Crippen molar-refractivity contribution in [1.29, 1.82) is 0 Å². The normalized spacial score (nSPS) is 11.6. The predicted molar refractivity (Wildman–Crippen MR) is 47.7 cm³/mol. The largest absolute Gasteiger partial charge is 0.496 e. The third-order valence-electron chi connectivity index (χ3n) is 1.75. The quantitative estimate of drug-likeness (QED) is 0.707. The Labute approximate surface area is 84.4 Å². The second-order valence-electron chi connectivity index (χ2n) is 2.80. The lowest BCUT2D eigenvalue weighted by Gasteiger charge is -2.14. The first kappa shape index (κ1) is 11.2. The van der Waals surface area contributed by atoms with Crippen LogP contribution in [0.1, 0.15) is 11.1 Å². The molecular formula is C9H8ClF3O. The van der Waals surface area contributed by atoms with Gasteiger partial charge in [-0.25, -0.2) is 0 Å². The second-order valence-corrected chi connectivity index (χ2v) is 3.24. The molecule has 1 rings (SSSR count). The number of ether oxygens (including phenoxy) is 1. The van der Waals surface area contributed by atoms with E-state index in [1.165, 1.54) is 20.1 Å². The first-order valence-corrected chi connectivity index (χ1v) is 4.15. The van der Waals surface area contributed by atoms with E-state index in [9.17, 15) is 13.2 Å². The molecule has 1 nitrogen and oxygen atoms in total. The molecule has 1 aromatic rings. The standard InChI is InChI=1S/C9H8ClF3O/c1-5-3-6(10)4-7(8(5)14-2)9(11,12)13/h3-4H,1-2H3. The highest BCUT2D eigenvalue weighted by atomic mass is 35.5. The minimum absolute atomic E-state index is 0.0515. The summed E-state index contributed by atoms with van der Waals surface area (Å²) in [6.45, 7) is 1.51. The van der Waals surface area contributed by atoms with Gasteiger partial charge in [-0.15, -0.1) is 0 Å². The van der Waals surface area contributed by atoms with Crippen molar-refractivity contribution in [1.82, 2.24) is 0 Å². The molecule has 0 aliphatic rings. The highest BCUT2D eigenvalue weighted by Gasteiger charge is 2.35. The van der Waals surface area contributed by atoms with Gasteiger partial charge in [-0.1, -0.05) is 11.6 Å². The van der Waals surface area contributed by atoms with E-state index in [2.05, 4.69) is 4.74 Å². The summed E-state index contributed by atoms with van der Waals surface area (Å²) in [5, 5.41) is 0.0515. The van der Waals surface area contributed by atoms with Crippen molar-refractivity contribution in [3.63, 3.8) is 0 Å². The number of rotatable bonds is 1. The molecule has 0 saturated carbocycles. The zero-order valence-electron chi connectivity index (χ0n) is 7.57. The molecule has 0 saturated heterocycles. The van der Waals surface area contributed by atoms with Crippen LogP contribution in [0.4, 0.5) is 13.2 Å². The summed E-state index contributed by atoms with van der Waals surface area (Å²) in [5.41, 5.74) is -0.475. The lowest BCUT2D eigenvalue weighted by Crippen LogP contribution is -2.08. The number of hydrogen-bond donors (Lipinski definition) is 0. The first-order valence-electron chi connectivity index (χ1n) is 3.77. The molecule has 0 aliphatic carbocycles. The van der Waals surface area contributed by atoms with Gasteiger partial charge < -0.3 is 4.74 Å². The Balaban J connectivity index is 3.40. The summed E-state index contributed by atoms with van der Waals surface area (Å²) < 4.78 is 42.0. The SMILES string of the molecule is COc1c(C)cc(Cl)cc1C(F)(F)F. The molecule has 0 heterocycles.